The lowest BCUT2D eigenvalue weighted by atomic mass is 9.97. The summed E-state index contributed by atoms with van der Waals surface area (Å²) in [4.78, 5) is 14.1. The van der Waals surface area contributed by atoms with Gasteiger partial charge < -0.3 is 14.4 Å². The lowest BCUT2D eigenvalue weighted by Gasteiger charge is -2.30. The van der Waals surface area contributed by atoms with Gasteiger partial charge in [0, 0.05) is 6.54 Å². The van der Waals surface area contributed by atoms with E-state index in [-0.39, 0.29) is 24.3 Å². The summed E-state index contributed by atoms with van der Waals surface area (Å²) < 4.78 is 10.8. The number of benzene rings is 1. The Morgan fingerprint density at radius 3 is 2.71 bits per heavy atom. The summed E-state index contributed by atoms with van der Waals surface area (Å²) in [6, 6.07) is 9.42. The van der Waals surface area contributed by atoms with E-state index in [9.17, 15) is 4.79 Å². The molecule has 0 unspecified atom stereocenters. The Morgan fingerprint density at radius 2 is 2.04 bits per heavy atom. The molecule has 0 radical (unpaired) electrons. The number of nitriles is 1. The first-order chi connectivity index (χ1) is 11.2. The first-order valence-corrected chi connectivity index (χ1v) is 8.25. The third-order valence-corrected chi connectivity index (χ3v) is 4.09. The number of halogens is 1. The topological polar surface area (TPSA) is 62.6 Å². The number of rotatable bonds is 7. The Morgan fingerprint density at radius 1 is 1.33 bits per heavy atom. The van der Waals surface area contributed by atoms with Gasteiger partial charge in [-0.05, 0) is 51.4 Å². The molecule has 0 aliphatic carbocycles. The summed E-state index contributed by atoms with van der Waals surface area (Å²) in [6.45, 7) is 5.70. The number of nitrogens with zero attached hydrogens (tertiary/aromatic N) is 2. The van der Waals surface area contributed by atoms with Crippen molar-refractivity contribution < 1.29 is 14.3 Å². The van der Waals surface area contributed by atoms with E-state index in [2.05, 4.69) is 11.0 Å². The fourth-order valence-corrected chi connectivity index (χ4v) is 2.81. The van der Waals surface area contributed by atoms with Gasteiger partial charge in [-0.2, -0.15) is 5.26 Å². The Kier molecular flexibility index (Phi) is 9.21. The molecule has 0 saturated carbocycles. The Labute approximate surface area is 149 Å². The number of hydrogen-bond acceptors (Lipinski definition) is 5. The minimum atomic E-state index is -0.0522. The van der Waals surface area contributed by atoms with Crippen molar-refractivity contribution >= 4 is 18.4 Å². The van der Waals surface area contributed by atoms with Crippen LogP contribution in [0, 0.1) is 17.2 Å². The quantitative estimate of drug-likeness (QED) is 0.557. The van der Waals surface area contributed by atoms with Crippen molar-refractivity contribution in [2.45, 2.75) is 26.2 Å². The highest BCUT2D eigenvalue weighted by atomic mass is 35.5. The van der Waals surface area contributed by atoms with E-state index in [1.165, 1.54) is 0 Å². The Bertz CT molecular complexity index is 551. The zero-order valence-corrected chi connectivity index (χ0v) is 14.9. The number of carbonyl (C=O) groups excluding carboxylic acids is 1. The molecule has 1 fully saturated rings. The average molecular weight is 353 g/mol. The predicted molar refractivity (Wildman–Crippen MR) is 94.3 cm³/mol. The van der Waals surface area contributed by atoms with Crippen LogP contribution in [0.1, 0.15) is 31.7 Å². The zero-order chi connectivity index (χ0) is 16.5. The van der Waals surface area contributed by atoms with Crippen LogP contribution in [-0.2, 0) is 9.53 Å². The van der Waals surface area contributed by atoms with Crippen molar-refractivity contribution in [3.63, 3.8) is 0 Å². The molecule has 132 valence electrons. The molecule has 0 bridgehead atoms. The highest BCUT2D eigenvalue weighted by Crippen LogP contribution is 2.19. The van der Waals surface area contributed by atoms with Gasteiger partial charge in [-0.15, -0.1) is 12.4 Å². The molecule has 0 atom stereocenters. The fourth-order valence-electron chi connectivity index (χ4n) is 2.81. The second-order valence-electron chi connectivity index (χ2n) is 5.68. The van der Waals surface area contributed by atoms with Crippen molar-refractivity contribution in [3.8, 4) is 11.8 Å². The molecule has 0 amide bonds. The number of carbonyl (C=O) groups is 1. The van der Waals surface area contributed by atoms with Crippen LogP contribution in [0.25, 0.3) is 0 Å². The van der Waals surface area contributed by atoms with E-state index in [1.807, 2.05) is 25.1 Å². The van der Waals surface area contributed by atoms with Crippen molar-refractivity contribution in [2.24, 2.45) is 5.92 Å². The predicted octanol–water partition coefficient (Wildman–Crippen LogP) is 3.02. The van der Waals surface area contributed by atoms with Crippen molar-refractivity contribution in [1.29, 1.82) is 5.26 Å². The minimum Gasteiger partial charge on any atom is -0.492 e. The normalized spacial score (nSPS) is 15.2. The van der Waals surface area contributed by atoms with E-state index in [1.54, 1.807) is 6.07 Å². The Hall–Kier alpha value is -1.77. The Balaban J connectivity index is 0.00000288. The van der Waals surface area contributed by atoms with Crippen molar-refractivity contribution in [1.82, 2.24) is 4.90 Å². The van der Waals surface area contributed by atoms with Gasteiger partial charge >= 0.3 is 5.97 Å². The fraction of sp³-hybridized carbons (Fsp3) is 0.556. The molecular formula is C18H25ClN2O3. The van der Waals surface area contributed by atoms with Gasteiger partial charge in [0.25, 0.3) is 0 Å². The SMILES string of the molecule is CCOC(=O)C1CCN(CCCOc2ccccc2C#N)CC1.Cl. The summed E-state index contributed by atoms with van der Waals surface area (Å²) in [5, 5.41) is 9.01. The molecule has 0 spiro atoms. The van der Waals surface area contributed by atoms with Crippen LogP contribution in [0.15, 0.2) is 24.3 Å². The lowest BCUT2D eigenvalue weighted by molar-refractivity contribution is -0.149. The lowest BCUT2D eigenvalue weighted by Crippen LogP contribution is -2.37. The molecule has 24 heavy (non-hydrogen) atoms. The van der Waals surface area contributed by atoms with E-state index in [0.717, 1.165) is 38.9 Å². The van der Waals surface area contributed by atoms with Gasteiger partial charge in [-0.25, -0.2) is 0 Å². The first kappa shape index (κ1) is 20.3. The molecule has 1 aromatic rings. The molecule has 5 nitrogen and oxygen atoms in total. The summed E-state index contributed by atoms with van der Waals surface area (Å²) in [5.41, 5.74) is 0.572. The van der Waals surface area contributed by atoms with Gasteiger partial charge in [0.15, 0.2) is 0 Å². The van der Waals surface area contributed by atoms with Gasteiger partial charge in [-0.3, -0.25) is 4.79 Å². The van der Waals surface area contributed by atoms with E-state index in [0.29, 0.717) is 24.5 Å². The molecule has 1 aromatic carbocycles. The monoisotopic (exact) mass is 352 g/mol. The highest BCUT2D eigenvalue weighted by Gasteiger charge is 2.25. The van der Waals surface area contributed by atoms with Crippen LogP contribution in [-0.4, -0.2) is 43.7 Å². The molecule has 6 heteroatoms. The van der Waals surface area contributed by atoms with Gasteiger partial charge in [0.05, 0.1) is 24.7 Å². The average Bonchev–Trinajstić information content (AvgIpc) is 2.60. The largest absolute Gasteiger partial charge is 0.492 e. The second-order valence-corrected chi connectivity index (χ2v) is 5.68. The summed E-state index contributed by atoms with van der Waals surface area (Å²) in [5.74, 6) is 0.657. The maximum atomic E-state index is 11.7. The van der Waals surface area contributed by atoms with Crippen LogP contribution >= 0.6 is 12.4 Å². The number of esters is 1. The van der Waals surface area contributed by atoms with Crippen LogP contribution in [0.4, 0.5) is 0 Å². The van der Waals surface area contributed by atoms with Gasteiger partial charge in [0.1, 0.15) is 11.8 Å². The van der Waals surface area contributed by atoms with Crippen LogP contribution in [0.2, 0.25) is 0 Å². The number of ether oxygens (including phenoxy) is 2. The van der Waals surface area contributed by atoms with Crippen molar-refractivity contribution in [2.75, 3.05) is 32.8 Å². The number of hydrogen-bond donors (Lipinski definition) is 0. The molecule has 2 rings (SSSR count). The molecule has 1 heterocycles. The molecule has 1 saturated heterocycles. The maximum Gasteiger partial charge on any atom is 0.309 e. The van der Waals surface area contributed by atoms with Gasteiger partial charge in [0.2, 0.25) is 0 Å². The van der Waals surface area contributed by atoms with E-state index >= 15 is 0 Å². The van der Waals surface area contributed by atoms with Crippen LogP contribution in [0.3, 0.4) is 0 Å². The smallest absolute Gasteiger partial charge is 0.309 e. The van der Waals surface area contributed by atoms with E-state index in [4.69, 9.17) is 14.7 Å². The summed E-state index contributed by atoms with van der Waals surface area (Å²) >= 11 is 0. The molecular weight excluding hydrogens is 328 g/mol. The second kappa shape index (κ2) is 10.9. The number of para-hydroxylation sites is 1. The van der Waals surface area contributed by atoms with Gasteiger partial charge in [-0.1, -0.05) is 12.1 Å². The third-order valence-electron chi connectivity index (χ3n) is 4.09. The molecule has 0 aromatic heterocycles. The standard InChI is InChI=1S/C18H24N2O3.ClH/c1-2-22-18(21)15-8-11-20(12-9-15)10-5-13-23-17-7-4-3-6-16(17)14-19;/h3-4,6-7,15H,2,5,8-13H2,1H3;1H. The maximum absolute atomic E-state index is 11.7. The minimum absolute atomic E-state index is 0. The highest BCUT2D eigenvalue weighted by molar-refractivity contribution is 5.85. The van der Waals surface area contributed by atoms with E-state index < -0.39 is 0 Å². The number of likely N-dealkylation sites (tertiary alicyclic amines) is 1. The first-order valence-electron chi connectivity index (χ1n) is 8.25. The van der Waals surface area contributed by atoms with Crippen LogP contribution in [0.5, 0.6) is 5.75 Å². The van der Waals surface area contributed by atoms with Crippen LogP contribution < -0.4 is 4.74 Å². The molecule has 0 N–H and O–H groups in total. The third kappa shape index (κ3) is 6.03. The number of piperidine rings is 1. The molecule has 1 aliphatic rings. The summed E-state index contributed by atoms with van der Waals surface area (Å²) in [6.07, 6.45) is 2.65. The summed E-state index contributed by atoms with van der Waals surface area (Å²) in [7, 11) is 0. The molecule has 1 aliphatic heterocycles. The zero-order valence-electron chi connectivity index (χ0n) is 14.1. The van der Waals surface area contributed by atoms with Crippen molar-refractivity contribution in [3.05, 3.63) is 29.8 Å².